The van der Waals surface area contributed by atoms with Crippen LogP contribution < -0.4 is 9.64 Å². The Balaban J connectivity index is 0.000000229. The Hall–Kier alpha value is -5.39. The van der Waals surface area contributed by atoms with Gasteiger partial charge in [-0.25, -0.2) is 0 Å². The Labute approximate surface area is 267 Å². The summed E-state index contributed by atoms with van der Waals surface area (Å²) in [6, 6.07) is 45.7. The number of benzodiazepines with no additional fused rings is 1. The number of aliphatic imine (C=N–C) groups is 1. The van der Waals surface area contributed by atoms with Crippen molar-refractivity contribution in [3.8, 4) is 17.2 Å². The number of carbonyl (C=O) groups is 1. The zero-order valence-corrected chi connectivity index (χ0v) is 25.4. The van der Waals surface area contributed by atoms with Crippen LogP contribution in [0.3, 0.4) is 0 Å². The standard InChI is InChI=1S/C27H21ClN2O2.C12H10O/c1-30-25-13-10-21(28)16-23(25)26(19-8-11-22(31)12-9-19)29-24(27(30)32)15-17-6-7-18-4-2-3-5-20(18)14-17;1-3-7-11(8-4-1)13-12-9-5-2-6-10-12/h2-14,16,24,31H,15H2,1H3;1-10H. The van der Waals surface area contributed by atoms with Gasteiger partial charge in [0.2, 0.25) is 0 Å². The van der Waals surface area contributed by atoms with Crippen LogP contribution in [-0.4, -0.2) is 29.8 Å². The van der Waals surface area contributed by atoms with Gasteiger partial charge in [0.1, 0.15) is 23.3 Å². The van der Waals surface area contributed by atoms with E-state index in [4.69, 9.17) is 21.3 Å². The molecule has 6 heteroatoms. The molecule has 0 aromatic heterocycles. The molecule has 1 unspecified atom stereocenters. The SMILES string of the molecule is CN1C(=O)C(Cc2ccc3ccccc3c2)N=C(c2ccc(O)cc2)c2cc(Cl)ccc21.c1ccc(Oc2ccccc2)cc1. The predicted molar refractivity (Wildman–Crippen MR) is 183 cm³/mol. The average Bonchev–Trinajstić information content (AvgIpc) is 3.16. The third-order valence-electron chi connectivity index (χ3n) is 7.58. The Morgan fingerprint density at radius 1 is 0.733 bits per heavy atom. The quantitative estimate of drug-likeness (QED) is 0.212. The fourth-order valence-corrected chi connectivity index (χ4v) is 5.47. The predicted octanol–water partition coefficient (Wildman–Crippen LogP) is 9.10. The second kappa shape index (κ2) is 13.5. The molecule has 1 heterocycles. The number of likely N-dealkylation sites (N-methyl/N-ethyl adjacent to an activating group) is 1. The van der Waals surface area contributed by atoms with Crippen molar-refractivity contribution in [2.45, 2.75) is 12.5 Å². The molecular weight excluding hydrogens is 580 g/mol. The van der Waals surface area contributed by atoms with Gasteiger partial charge in [-0.1, -0.05) is 90.5 Å². The van der Waals surface area contributed by atoms with E-state index in [1.54, 1.807) is 30.1 Å². The summed E-state index contributed by atoms with van der Waals surface area (Å²) in [6.45, 7) is 0. The molecule has 0 radical (unpaired) electrons. The second-order valence-corrected chi connectivity index (χ2v) is 11.1. The van der Waals surface area contributed by atoms with Gasteiger partial charge in [-0.3, -0.25) is 9.79 Å². The smallest absolute Gasteiger partial charge is 0.251 e. The molecule has 5 nitrogen and oxygen atoms in total. The zero-order valence-electron chi connectivity index (χ0n) is 24.7. The summed E-state index contributed by atoms with van der Waals surface area (Å²) in [5.74, 6) is 1.84. The van der Waals surface area contributed by atoms with Crippen molar-refractivity contribution in [3.63, 3.8) is 0 Å². The Morgan fingerprint density at radius 3 is 2.02 bits per heavy atom. The highest BCUT2D eigenvalue weighted by Crippen LogP contribution is 2.31. The third-order valence-corrected chi connectivity index (χ3v) is 7.82. The van der Waals surface area contributed by atoms with Crippen LogP contribution in [0.25, 0.3) is 10.8 Å². The van der Waals surface area contributed by atoms with Gasteiger partial charge in [0, 0.05) is 29.6 Å². The Kier molecular flexibility index (Phi) is 8.90. The molecule has 6 aromatic rings. The number of ether oxygens (including phenoxy) is 1. The Bertz CT molecular complexity index is 1920. The number of amides is 1. The van der Waals surface area contributed by atoms with E-state index in [0.29, 0.717) is 17.2 Å². The highest BCUT2D eigenvalue weighted by molar-refractivity contribution is 6.32. The lowest BCUT2D eigenvalue weighted by atomic mass is 9.99. The summed E-state index contributed by atoms with van der Waals surface area (Å²) in [6.07, 6.45) is 0.483. The number of phenolic OH excluding ortho intramolecular Hbond substituents is 1. The van der Waals surface area contributed by atoms with Crippen molar-refractivity contribution in [2.75, 3.05) is 11.9 Å². The van der Waals surface area contributed by atoms with E-state index < -0.39 is 6.04 Å². The van der Waals surface area contributed by atoms with E-state index in [9.17, 15) is 9.90 Å². The maximum Gasteiger partial charge on any atom is 0.251 e. The number of nitrogens with zero attached hydrogens (tertiary/aromatic N) is 2. The van der Waals surface area contributed by atoms with Gasteiger partial charge < -0.3 is 14.7 Å². The summed E-state index contributed by atoms with van der Waals surface area (Å²) < 4.78 is 5.58. The van der Waals surface area contributed by atoms with Gasteiger partial charge in [0.15, 0.2) is 0 Å². The van der Waals surface area contributed by atoms with E-state index in [-0.39, 0.29) is 11.7 Å². The molecule has 1 atom stereocenters. The van der Waals surface area contributed by atoms with Gasteiger partial charge in [-0.15, -0.1) is 0 Å². The number of fused-ring (bicyclic) bond motifs is 2. The minimum absolute atomic E-state index is 0.0736. The minimum Gasteiger partial charge on any atom is -0.508 e. The highest BCUT2D eigenvalue weighted by Gasteiger charge is 2.30. The molecule has 0 bridgehead atoms. The number of aromatic hydroxyl groups is 1. The van der Waals surface area contributed by atoms with Crippen LogP contribution in [0.1, 0.15) is 16.7 Å². The van der Waals surface area contributed by atoms with Crippen molar-refractivity contribution in [3.05, 3.63) is 167 Å². The third kappa shape index (κ3) is 7.06. The Morgan fingerprint density at radius 2 is 1.36 bits per heavy atom. The molecule has 6 aromatic carbocycles. The van der Waals surface area contributed by atoms with E-state index in [1.807, 2.05) is 97.1 Å². The lowest BCUT2D eigenvalue weighted by molar-refractivity contribution is -0.119. The second-order valence-electron chi connectivity index (χ2n) is 10.7. The number of para-hydroxylation sites is 2. The first-order valence-electron chi connectivity index (χ1n) is 14.6. The first-order valence-corrected chi connectivity index (χ1v) is 15.0. The maximum atomic E-state index is 13.4. The van der Waals surface area contributed by atoms with Crippen molar-refractivity contribution < 1.29 is 14.6 Å². The molecular formula is C39H31ClN2O3. The summed E-state index contributed by atoms with van der Waals surface area (Å²) in [7, 11) is 1.78. The van der Waals surface area contributed by atoms with E-state index in [0.717, 1.165) is 44.6 Å². The van der Waals surface area contributed by atoms with E-state index in [2.05, 4.69) is 30.3 Å². The molecule has 1 aliphatic rings. The van der Waals surface area contributed by atoms with Gasteiger partial charge in [-0.05, 0) is 83.1 Å². The molecule has 1 aliphatic heterocycles. The highest BCUT2D eigenvalue weighted by atomic mass is 35.5. The topological polar surface area (TPSA) is 62.1 Å². The normalized spacial score (nSPS) is 14.1. The lowest BCUT2D eigenvalue weighted by Crippen LogP contribution is -2.36. The number of rotatable bonds is 5. The van der Waals surface area contributed by atoms with Gasteiger partial charge in [-0.2, -0.15) is 0 Å². The van der Waals surface area contributed by atoms with Crippen molar-refractivity contribution in [1.29, 1.82) is 0 Å². The van der Waals surface area contributed by atoms with Gasteiger partial charge in [0.05, 0.1) is 11.4 Å². The first-order chi connectivity index (χ1) is 21.9. The summed E-state index contributed by atoms with van der Waals surface area (Å²) in [4.78, 5) is 20.0. The molecule has 45 heavy (non-hydrogen) atoms. The summed E-state index contributed by atoms with van der Waals surface area (Å²) in [5.41, 5.74) is 4.10. The molecule has 1 amide bonds. The summed E-state index contributed by atoms with van der Waals surface area (Å²) in [5, 5.41) is 12.6. The molecule has 7 rings (SSSR count). The van der Waals surface area contributed by atoms with E-state index in [1.165, 1.54) is 0 Å². The molecule has 1 N–H and O–H groups in total. The largest absolute Gasteiger partial charge is 0.508 e. The minimum atomic E-state index is -0.587. The van der Waals surface area contributed by atoms with Crippen LogP contribution in [0, 0.1) is 0 Å². The number of halogens is 1. The first kappa shape index (κ1) is 29.7. The van der Waals surface area contributed by atoms with Crippen molar-refractivity contribution >= 4 is 39.7 Å². The van der Waals surface area contributed by atoms with E-state index >= 15 is 0 Å². The molecule has 0 saturated heterocycles. The zero-order chi connectivity index (χ0) is 31.2. The van der Waals surface area contributed by atoms with Gasteiger partial charge in [0.25, 0.3) is 5.91 Å². The van der Waals surface area contributed by atoms with Crippen LogP contribution in [-0.2, 0) is 11.2 Å². The summed E-state index contributed by atoms with van der Waals surface area (Å²) >= 11 is 6.32. The maximum absolute atomic E-state index is 13.4. The molecule has 0 spiro atoms. The fraction of sp³-hybridized carbons (Fsp3) is 0.0769. The fourth-order valence-electron chi connectivity index (χ4n) is 5.30. The van der Waals surface area contributed by atoms with Crippen LogP contribution in [0.4, 0.5) is 5.69 Å². The number of hydrogen-bond donors (Lipinski definition) is 1. The van der Waals surface area contributed by atoms with Crippen molar-refractivity contribution in [1.82, 2.24) is 0 Å². The molecule has 0 fully saturated rings. The number of anilines is 1. The van der Waals surface area contributed by atoms with Crippen LogP contribution >= 0.6 is 11.6 Å². The number of carbonyl (C=O) groups excluding carboxylic acids is 1. The number of hydrogen-bond acceptors (Lipinski definition) is 4. The monoisotopic (exact) mass is 610 g/mol. The molecule has 222 valence electrons. The van der Waals surface area contributed by atoms with Gasteiger partial charge >= 0.3 is 0 Å². The van der Waals surface area contributed by atoms with Crippen LogP contribution in [0.15, 0.2) is 151 Å². The van der Waals surface area contributed by atoms with Crippen LogP contribution in [0.2, 0.25) is 5.02 Å². The number of phenols is 1. The van der Waals surface area contributed by atoms with Crippen LogP contribution in [0.5, 0.6) is 17.2 Å². The molecule has 0 saturated carbocycles. The van der Waals surface area contributed by atoms with Crippen molar-refractivity contribution in [2.24, 2.45) is 4.99 Å². The molecule has 0 aliphatic carbocycles. The lowest BCUT2D eigenvalue weighted by Gasteiger charge is -2.20. The average molecular weight is 611 g/mol. The number of benzene rings is 6.